The summed E-state index contributed by atoms with van der Waals surface area (Å²) in [6.07, 6.45) is 0.315. The van der Waals surface area contributed by atoms with Crippen LogP contribution in [0.15, 0.2) is 18.2 Å². The Morgan fingerprint density at radius 1 is 1.08 bits per heavy atom. The first-order valence-corrected chi connectivity index (χ1v) is 7.97. The summed E-state index contributed by atoms with van der Waals surface area (Å²) in [4.78, 5) is 47.4. The van der Waals surface area contributed by atoms with Crippen molar-refractivity contribution in [3.8, 4) is 0 Å². The standard InChI is InChI=1S/C15H15Cl2N3O4/c16-9-1-2-10(17)11(7-9)19-13(22)8-18-12(21)5-6-20-14(23)3-4-15(20)24/h1-2,7H,3-6,8H2,(H,18,21)(H,19,22). The summed E-state index contributed by atoms with van der Waals surface area (Å²) < 4.78 is 0. The summed E-state index contributed by atoms with van der Waals surface area (Å²) in [7, 11) is 0. The number of nitrogens with zero attached hydrogens (tertiary/aromatic N) is 1. The average molecular weight is 372 g/mol. The molecular weight excluding hydrogens is 357 g/mol. The summed E-state index contributed by atoms with van der Waals surface area (Å²) >= 11 is 11.7. The monoisotopic (exact) mass is 371 g/mol. The lowest BCUT2D eigenvalue weighted by molar-refractivity contribution is -0.138. The van der Waals surface area contributed by atoms with E-state index in [0.29, 0.717) is 15.7 Å². The molecule has 1 heterocycles. The molecule has 0 spiro atoms. The van der Waals surface area contributed by atoms with Crippen LogP contribution in [0, 0.1) is 0 Å². The van der Waals surface area contributed by atoms with E-state index in [4.69, 9.17) is 23.2 Å². The molecule has 0 radical (unpaired) electrons. The minimum atomic E-state index is -0.471. The second-order valence-corrected chi connectivity index (χ2v) is 5.98. The molecule has 7 nitrogen and oxygen atoms in total. The quantitative estimate of drug-likeness (QED) is 0.742. The summed E-state index contributed by atoms with van der Waals surface area (Å²) in [5.74, 6) is -1.46. The second kappa shape index (κ2) is 8.12. The van der Waals surface area contributed by atoms with Crippen LogP contribution in [0.1, 0.15) is 19.3 Å². The van der Waals surface area contributed by atoms with E-state index in [1.165, 1.54) is 6.07 Å². The van der Waals surface area contributed by atoms with Crippen molar-refractivity contribution in [1.29, 1.82) is 0 Å². The molecule has 1 saturated heterocycles. The van der Waals surface area contributed by atoms with E-state index in [1.807, 2.05) is 0 Å². The lowest BCUT2D eigenvalue weighted by atomic mass is 10.3. The molecule has 24 heavy (non-hydrogen) atoms. The predicted molar refractivity (Wildman–Crippen MR) is 88.7 cm³/mol. The Kier molecular flexibility index (Phi) is 6.16. The Labute approximate surface area is 148 Å². The van der Waals surface area contributed by atoms with Crippen molar-refractivity contribution in [3.05, 3.63) is 28.2 Å². The zero-order valence-electron chi connectivity index (χ0n) is 12.6. The van der Waals surface area contributed by atoms with Gasteiger partial charge in [0.1, 0.15) is 0 Å². The van der Waals surface area contributed by atoms with Crippen molar-refractivity contribution in [2.75, 3.05) is 18.4 Å². The van der Waals surface area contributed by atoms with Gasteiger partial charge in [-0.1, -0.05) is 23.2 Å². The number of imide groups is 1. The van der Waals surface area contributed by atoms with Gasteiger partial charge in [-0.05, 0) is 18.2 Å². The highest BCUT2D eigenvalue weighted by atomic mass is 35.5. The van der Waals surface area contributed by atoms with Gasteiger partial charge in [0.2, 0.25) is 23.6 Å². The van der Waals surface area contributed by atoms with E-state index < -0.39 is 11.8 Å². The van der Waals surface area contributed by atoms with Gasteiger partial charge in [0, 0.05) is 30.8 Å². The van der Waals surface area contributed by atoms with Gasteiger partial charge in [0.05, 0.1) is 17.3 Å². The van der Waals surface area contributed by atoms with Crippen molar-refractivity contribution in [2.45, 2.75) is 19.3 Å². The first-order valence-electron chi connectivity index (χ1n) is 7.21. The molecule has 1 fully saturated rings. The Balaban J connectivity index is 1.75. The fraction of sp³-hybridized carbons (Fsp3) is 0.333. The van der Waals surface area contributed by atoms with Crippen molar-refractivity contribution in [3.63, 3.8) is 0 Å². The maximum absolute atomic E-state index is 11.8. The number of anilines is 1. The van der Waals surface area contributed by atoms with Crippen LogP contribution >= 0.6 is 23.2 Å². The Bertz CT molecular complexity index is 677. The number of halogens is 2. The van der Waals surface area contributed by atoms with Crippen LogP contribution < -0.4 is 10.6 Å². The van der Waals surface area contributed by atoms with Crippen LogP contribution in [-0.2, 0) is 19.2 Å². The van der Waals surface area contributed by atoms with Crippen LogP contribution in [0.5, 0.6) is 0 Å². The maximum Gasteiger partial charge on any atom is 0.243 e. The molecule has 4 amide bonds. The number of amides is 4. The number of carbonyl (C=O) groups excluding carboxylic acids is 4. The number of nitrogens with one attached hydrogen (secondary N) is 2. The van der Waals surface area contributed by atoms with Gasteiger partial charge in [-0.2, -0.15) is 0 Å². The zero-order chi connectivity index (χ0) is 17.7. The Morgan fingerprint density at radius 3 is 2.42 bits per heavy atom. The van der Waals surface area contributed by atoms with E-state index in [0.717, 1.165) is 4.90 Å². The Morgan fingerprint density at radius 2 is 1.75 bits per heavy atom. The largest absolute Gasteiger partial charge is 0.347 e. The van der Waals surface area contributed by atoms with E-state index in [9.17, 15) is 19.2 Å². The molecule has 0 aliphatic carbocycles. The SMILES string of the molecule is O=C(CCN1C(=O)CCC1=O)NCC(=O)Nc1cc(Cl)ccc1Cl. The van der Waals surface area contributed by atoms with Crippen LogP contribution in [0.25, 0.3) is 0 Å². The van der Waals surface area contributed by atoms with Gasteiger partial charge in [-0.15, -0.1) is 0 Å². The molecule has 2 rings (SSSR count). The third-order valence-corrected chi connectivity index (χ3v) is 3.93. The van der Waals surface area contributed by atoms with Crippen LogP contribution in [0.4, 0.5) is 5.69 Å². The van der Waals surface area contributed by atoms with Gasteiger partial charge in [0.25, 0.3) is 0 Å². The van der Waals surface area contributed by atoms with Gasteiger partial charge < -0.3 is 10.6 Å². The summed E-state index contributed by atoms with van der Waals surface area (Å²) in [5.41, 5.74) is 0.344. The lowest BCUT2D eigenvalue weighted by Crippen LogP contribution is -2.37. The molecule has 9 heteroatoms. The molecule has 0 aromatic heterocycles. The van der Waals surface area contributed by atoms with Crippen LogP contribution in [0.3, 0.4) is 0 Å². The highest BCUT2D eigenvalue weighted by Crippen LogP contribution is 2.25. The van der Waals surface area contributed by atoms with E-state index in [2.05, 4.69) is 10.6 Å². The maximum atomic E-state index is 11.8. The highest BCUT2D eigenvalue weighted by Gasteiger charge is 2.28. The van der Waals surface area contributed by atoms with Crippen molar-refractivity contribution in [1.82, 2.24) is 10.2 Å². The normalized spacial score (nSPS) is 14.0. The van der Waals surface area contributed by atoms with Crippen LogP contribution in [-0.4, -0.2) is 41.6 Å². The first kappa shape index (κ1) is 18.2. The molecular formula is C15H15Cl2N3O4. The topological polar surface area (TPSA) is 95.6 Å². The number of hydrogen-bond acceptors (Lipinski definition) is 4. The van der Waals surface area contributed by atoms with Crippen molar-refractivity contribution >= 4 is 52.5 Å². The fourth-order valence-corrected chi connectivity index (χ4v) is 2.48. The zero-order valence-corrected chi connectivity index (χ0v) is 14.1. The summed E-state index contributed by atoms with van der Waals surface area (Å²) in [6.45, 7) is -0.241. The molecule has 0 bridgehead atoms. The van der Waals surface area contributed by atoms with Gasteiger partial charge in [-0.3, -0.25) is 24.1 Å². The lowest BCUT2D eigenvalue weighted by Gasteiger charge is -2.13. The van der Waals surface area contributed by atoms with E-state index >= 15 is 0 Å². The number of rotatable bonds is 6. The summed E-state index contributed by atoms with van der Waals surface area (Å²) in [6, 6.07) is 4.62. The predicted octanol–water partition coefficient (Wildman–Crippen LogP) is 1.59. The number of benzene rings is 1. The van der Waals surface area contributed by atoms with Gasteiger partial charge in [-0.25, -0.2) is 0 Å². The van der Waals surface area contributed by atoms with Crippen LogP contribution in [0.2, 0.25) is 10.0 Å². The van der Waals surface area contributed by atoms with Crippen molar-refractivity contribution in [2.24, 2.45) is 0 Å². The number of hydrogen-bond donors (Lipinski definition) is 2. The third-order valence-electron chi connectivity index (χ3n) is 3.37. The molecule has 2 N–H and O–H groups in total. The molecule has 0 unspecified atom stereocenters. The third kappa shape index (κ3) is 4.94. The molecule has 1 aliphatic rings. The average Bonchev–Trinajstić information content (AvgIpc) is 2.85. The molecule has 1 aliphatic heterocycles. The van der Waals surface area contributed by atoms with Crippen molar-refractivity contribution < 1.29 is 19.2 Å². The smallest absolute Gasteiger partial charge is 0.243 e. The molecule has 0 atom stereocenters. The highest BCUT2D eigenvalue weighted by molar-refractivity contribution is 6.35. The second-order valence-electron chi connectivity index (χ2n) is 5.14. The van der Waals surface area contributed by atoms with Gasteiger partial charge >= 0.3 is 0 Å². The first-order chi connectivity index (χ1) is 11.4. The fourth-order valence-electron chi connectivity index (χ4n) is 2.14. The number of carbonyl (C=O) groups is 4. The minimum Gasteiger partial charge on any atom is -0.347 e. The molecule has 1 aromatic rings. The summed E-state index contributed by atoms with van der Waals surface area (Å²) in [5, 5.41) is 5.68. The van der Waals surface area contributed by atoms with E-state index in [1.54, 1.807) is 12.1 Å². The van der Waals surface area contributed by atoms with Gasteiger partial charge in [0.15, 0.2) is 0 Å². The molecule has 128 valence electrons. The molecule has 1 aromatic carbocycles. The Hall–Kier alpha value is -2.12. The minimum absolute atomic E-state index is 0.0191. The molecule has 0 saturated carbocycles. The number of likely N-dealkylation sites (tertiary alicyclic amines) is 1. The van der Waals surface area contributed by atoms with E-state index in [-0.39, 0.29) is 44.2 Å².